The van der Waals surface area contributed by atoms with Gasteiger partial charge in [0.1, 0.15) is 0 Å². The van der Waals surface area contributed by atoms with Gasteiger partial charge in [0.25, 0.3) is 0 Å². The highest BCUT2D eigenvalue weighted by atomic mass is 15.2. The molecule has 2 saturated heterocycles. The Morgan fingerprint density at radius 1 is 0.810 bits per heavy atom. The molecule has 2 rings (SSSR count). The minimum atomic E-state index is 0.706. The molecule has 1 atom stereocenters. The van der Waals surface area contributed by atoms with Gasteiger partial charge in [-0.25, -0.2) is 0 Å². The molecule has 2 heterocycles. The smallest absolute Gasteiger partial charge is 0.000702 e. The zero-order chi connectivity index (χ0) is 15.3. The second-order valence-corrected chi connectivity index (χ2v) is 8.39. The first-order valence-electron chi connectivity index (χ1n) is 9.48. The van der Waals surface area contributed by atoms with Crippen molar-refractivity contribution in [3.05, 3.63) is 0 Å². The van der Waals surface area contributed by atoms with Crippen LogP contribution in [-0.2, 0) is 0 Å². The summed E-state index contributed by atoms with van der Waals surface area (Å²) in [5, 5.41) is 0. The Bertz CT molecular complexity index is 282. The molecule has 0 saturated carbocycles. The van der Waals surface area contributed by atoms with Crippen molar-refractivity contribution in [3.8, 4) is 0 Å². The van der Waals surface area contributed by atoms with Crippen molar-refractivity contribution in [1.82, 2.24) is 9.80 Å². The van der Waals surface area contributed by atoms with E-state index in [-0.39, 0.29) is 0 Å². The molecule has 0 radical (unpaired) electrons. The van der Waals surface area contributed by atoms with Gasteiger partial charge < -0.3 is 9.80 Å². The second kappa shape index (κ2) is 7.97. The summed E-state index contributed by atoms with van der Waals surface area (Å²) in [7, 11) is 0. The number of likely N-dealkylation sites (tertiary alicyclic amines) is 2. The van der Waals surface area contributed by atoms with E-state index >= 15 is 0 Å². The number of nitrogens with zero attached hydrogens (tertiary/aromatic N) is 2. The Kier molecular flexibility index (Phi) is 6.55. The molecule has 0 N–H and O–H groups in total. The molecule has 2 fully saturated rings. The summed E-state index contributed by atoms with van der Waals surface area (Å²) in [4.78, 5) is 5.44. The maximum absolute atomic E-state index is 2.74. The molecule has 2 aliphatic rings. The lowest BCUT2D eigenvalue weighted by molar-refractivity contribution is 0.0273. The molecule has 0 bridgehead atoms. The van der Waals surface area contributed by atoms with E-state index in [0.717, 1.165) is 11.8 Å². The summed E-state index contributed by atoms with van der Waals surface area (Å²) in [5.41, 5.74) is 0.706. The van der Waals surface area contributed by atoms with Crippen LogP contribution in [0.2, 0.25) is 0 Å². The van der Waals surface area contributed by atoms with E-state index in [1.807, 2.05) is 0 Å². The van der Waals surface area contributed by atoms with E-state index < -0.39 is 0 Å². The summed E-state index contributed by atoms with van der Waals surface area (Å²) < 4.78 is 0. The van der Waals surface area contributed by atoms with E-state index in [1.54, 1.807) is 0 Å². The van der Waals surface area contributed by atoms with Gasteiger partial charge in [0, 0.05) is 13.1 Å². The molecule has 124 valence electrons. The van der Waals surface area contributed by atoms with Crippen molar-refractivity contribution in [3.63, 3.8) is 0 Å². The molecule has 1 spiro atoms. The largest absolute Gasteiger partial charge is 0.303 e. The van der Waals surface area contributed by atoms with E-state index in [2.05, 4.69) is 37.5 Å². The number of hydrogen-bond donors (Lipinski definition) is 0. The Labute approximate surface area is 133 Å². The molecule has 2 nitrogen and oxygen atoms in total. The van der Waals surface area contributed by atoms with Crippen LogP contribution in [0.5, 0.6) is 0 Å². The molecular weight excluding hydrogens is 256 g/mol. The molecule has 0 amide bonds. The van der Waals surface area contributed by atoms with Crippen LogP contribution in [-0.4, -0.2) is 49.1 Å². The van der Waals surface area contributed by atoms with Crippen molar-refractivity contribution in [2.45, 2.75) is 66.2 Å². The normalized spacial score (nSPS) is 25.6. The van der Waals surface area contributed by atoms with Crippen molar-refractivity contribution < 1.29 is 0 Å². The molecule has 0 aromatic heterocycles. The summed E-state index contributed by atoms with van der Waals surface area (Å²) in [5.74, 6) is 1.71. The van der Waals surface area contributed by atoms with Crippen molar-refractivity contribution >= 4 is 0 Å². The number of rotatable bonds is 6. The predicted molar refractivity (Wildman–Crippen MR) is 92.7 cm³/mol. The van der Waals surface area contributed by atoms with Gasteiger partial charge in [-0.05, 0) is 75.5 Å². The molecule has 0 aliphatic carbocycles. The first-order chi connectivity index (χ1) is 10.0. The first kappa shape index (κ1) is 17.3. The van der Waals surface area contributed by atoms with E-state index in [0.29, 0.717) is 5.41 Å². The quantitative estimate of drug-likeness (QED) is 0.722. The van der Waals surface area contributed by atoms with E-state index in [9.17, 15) is 0 Å². The van der Waals surface area contributed by atoms with Gasteiger partial charge in [0.15, 0.2) is 0 Å². The van der Waals surface area contributed by atoms with Crippen LogP contribution in [0.25, 0.3) is 0 Å². The van der Waals surface area contributed by atoms with Gasteiger partial charge in [-0.3, -0.25) is 0 Å². The molecule has 2 aliphatic heterocycles. The van der Waals surface area contributed by atoms with Crippen LogP contribution in [0.1, 0.15) is 66.2 Å². The number of piperidine rings is 2. The van der Waals surface area contributed by atoms with Crippen LogP contribution in [0.15, 0.2) is 0 Å². The predicted octanol–water partition coefficient (Wildman–Crippen LogP) is 4.26. The highest BCUT2D eigenvalue weighted by molar-refractivity contribution is 4.91. The third-order valence-electron chi connectivity index (χ3n) is 5.81. The van der Waals surface area contributed by atoms with E-state index in [1.165, 1.54) is 77.8 Å². The van der Waals surface area contributed by atoms with Gasteiger partial charge in [-0.15, -0.1) is 0 Å². The van der Waals surface area contributed by atoms with Gasteiger partial charge >= 0.3 is 0 Å². The Balaban J connectivity index is 1.71. The van der Waals surface area contributed by atoms with Crippen LogP contribution in [0, 0.1) is 17.3 Å². The minimum Gasteiger partial charge on any atom is -0.303 e. The molecule has 2 heteroatoms. The molecule has 21 heavy (non-hydrogen) atoms. The van der Waals surface area contributed by atoms with Gasteiger partial charge in [0.05, 0.1) is 0 Å². The maximum Gasteiger partial charge on any atom is 0.000702 e. The summed E-state index contributed by atoms with van der Waals surface area (Å²) in [6.07, 6.45) is 8.56. The van der Waals surface area contributed by atoms with Crippen molar-refractivity contribution in [2.75, 3.05) is 39.3 Å². The lowest BCUT2D eigenvalue weighted by Crippen LogP contribution is -2.48. The zero-order valence-corrected chi connectivity index (χ0v) is 15.0. The summed E-state index contributed by atoms with van der Waals surface area (Å²) >= 11 is 0. The van der Waals surface area contributed by atoms with Crippen molar-refractivity contribution in [1.29, 1.82) is 0 Å². The third kappa shape index (κ3) is 5.25. The van der Waals surface area contributed by atoms with Crippen LogP contribution in [0.4, 0.5) is 0 Å². The fourth-order valence-corrected chi connectivity index (χ4v) is 4.46. The fourth-order valence-electron chi connectivity index (χ4n) is 4.46. The van der Waals surface area contributed by atoms with Gasteiger partial charge in [-0.2, -0.15) is 0 Å². The molecule has 1 unspecified atom stereocenters. The van der Waals surface area contributed by atoms with Crippen LogP contribution >= 0.6 is 0 Å². The lowest BCUT2D eigenvalue weighted by atomic mass is 9.71. The third-order valence-corrected chi connectivity index (χ3v) is 5.81. The average molecular weight is 295 g/mol. The highest BCUT2D eigenvalue weighted by Gasteiger charge is 2.37. The van der Waals surface area contributed by atoms with Gasteiger partial charge in [0.2, 0.25) is 0 Å². The van der Waals surface area contributed by atoms with Crippen molar-refractivity contribution in [2.24, 2.45) is 17.3 Å². The van der Waals surface area contributed by atoms with Gasteiger partial charge in [-0.1, -0.05) is 34.1 Å². The monoisotopic (exact) mass is 294 g/mol. The lowest BCUT2D eigenvalue weighted by Gasteiger charge is -2.47. The van der Waals surface area contributed by atoms with Crippen LogP contribution < -0.4 is 0 Å². The Hall–Kier alpha value is -0.0800. The Morgan fingerprint density at radius 2 is 1.29 bits per heavy atom. The minimum absolute atomic E-state index is 0.706. The Morgan fingerprint density at radius 3 is 1.71 bits per heavy atom. The first-order valence-corrected chi connectivity index (χ1v) is 9.48. The fraction of sp³-hybridized carbons (Fsp3) is 1.00. The topological polar surface area (TPSA) is 6.48 Å². The molecular formula is C19H38N2. The number of hydrogen-bond acceptors (Lipinski definition) is 2. The molecule has 0 aromatic rings. The SMILES string of the molecule is CCCC(C)CN1CCC2(CCN(CC(C)C)CC2)CC1. The zero-order valence-electron chi connectivity index (χ0n) is 15.0. The summed E-state index contributed by atoms with van der Waals surface area (Å²) in [6, 6.07) is 0. The summed E-state index contributed by atoms with van der Waals surface area (Å²) in [6.45, 7) is 17.5. The average Bonchev–Trinajstić information content (AvgIpc) is 2.44. The highest BCUT2D eigenvalue weighted by Crippen LogP contribution is 2.41. The van der Waals surface area contributed by atoms with E-state index in [4.69, 9.17) is 0 Å². The standard InChI is InChI=1S/C19H38N2/c1-5-6-18(4)16-21-13-9-19(10-14-21)7-11-20(12-8-19)15-17(2)3/h17-18H,5-16H2,1-4H3. The molecule has 0 aromatic carbocycles. The van der Waals surface area contributed by atoms with Crippen LogP contribution in [0.3, 0.4) is 0 Å². The second-order valence-electron chi connectivity index (χ2n) is 8.39. The maximum atomic E-state index is 2.74.